The Morgan fingerprint density at radius 2 is 1.94 bits per heavy atom. The maximum Gasteiger partial charge on any atom is 0.267 e. The number of aryl methyl sites for hydroxylation is 1. The summed E-state index contributed by atoms with van der Waals surface area (Å²) in [4.78, 5) is 11.6. The van der Waals surface area contributed by atoms with E-state index in [1.165, 1.54) is 10.7 Å². The van der Waals surface area contributed by atoms with E-state index in [0.29, 0.717) is 16.6 Å². The Labute approximate surface area is 109 Å². The van der Waals surface area contributed by atoms with Crippen LogP contribution in [0.3, 0.4) is 0 Å². The summed E-state index contributed by atoms with van der Waals surface area (Å²) in [5.41, 5.74) is 1.55. The predicted molar refractivity (Wildman–Crippen MR) is 68.8 cm³/mol. The molecule has 0 spiro atoms. The molecule has 0 radical (unpaired) electrons. The lowest BCUT2D eigenvalue weighted by atomic mass is 10.2. The largest absolute Gasteiger partial charge is 0.268 e. The van der Waals surface area contributed by atoms with Gasteiger partial charge in [0.2, 0.25) is 0 Å². The van der Waals surface area contributed by atoms with Crippen molar-refractivity contribution < 1.29 is 0 Å². The SMILES string of the molecule is Cc1ccc(=O)n(Cc2ccc(Cl)c(Cl)c2)n1. The molecular formula is C12H10Cl2N2O. The zero-order valence-corrected chi connectivity index (χ0v) is 10.7. The van der Waals surface area contributed by atoms with E-state index >= 15 is 0 Å². The van der Waals surface area contributed by atoms with Crippen LogP contribution in [0.15, 0.2) is 35.1 Å². The van der Waals surface area contributed by atoms with Crippen molar-refractivity contribution in [3.05, 3.63) is 62.0 Å². The third kappa shape index (κ3) is 2.87. The first kappa shape index (κ1) is 12.1. The number of hydrogen-bond acceptors (Lipinski definition) is 2. The van der Waals surface area contributed by atoms with Crippen LogP contribution < -0.4 is 5.56 Å². The Kier molecular flexibility index (Phi) is 3.50. The van der Waals surface area contributed by atoms with Gasteiger partial charge in [-0.25, -0.2) is 4.68 Å². The maximum absolute atomic E-state index is 11.6. The van der Waals surface area contributed by atoms with Crippen LogP contribution in [0.4, 0.5) is 0 Å². The van der Waals surface area contributed by atoms with Gasteiger partial charge in [0.15, 0.2) is 0 Å². The molecule has 1 aromatic carbocycles. The Morgan fingerprint density at radius 3 is 2.65 bits per heavy atom. The molecule has 0 saturated carbocycles. The zero-order valence-electron chi connectivity index (χ0n) is 9.15. The summed E-state index contributed by atoms with van der Waals surface area (Å²) in [6.07, 6.45) is 0. The van der Waals surface area contributed by atoms with Crippen LogP contribution in [-0.4, -0.2) is 9.78 Å². The summed E-state index contributed by atoms with van der Waals surface area (Å²) < 4.78 is 1.40. The van der Waals surface area contributed by atoms with Gasteiger partial charge < -0.3 is 0 Å². The molecule has 0 fully saturated rings. The van der Waals surface area contributed by atoms with Gasteiger partial charge in [-0.05, 0) is 30.7 Å². The van der Waals surface area contributed by atoms with Crippen LogP contribution in [0.1, 0.15) is 11.3 Å². The molecule has 1 aromatic heterocycles. The average molecular weight is 269 g/mol. The van der Waals surface area contributed by atoms with E-state index in [2.05, 4.69) is 5.10 Å². The van der Waals surface area contributed by atoms with Crippen molar-refractivity contribution in [1.29, 1.82) is 0 Å². The molecule has 0 amide bonds. The van der Waals surface area contributed by atoms with E-state index < -0.39 is 0 Å². The molecule has 2 rings (SSSR count). The van der Waals surface area contributed by atoms with Crippen molar-refractivity contribution in [2.75, 3.05) is 0 Å². The van der Waals surface area contributed by atoms with E-state index in [0.717, 1.165) is 11.3 Å². The molecule has 2 aromatic rings. The maximum atomic E-state index is 11.6. The summed E-state index contributed by atoms with van der Waals surface area (Å²) in [5.74, 6) is 0. The summed E-state index contributed by atoms with van der Waals surface area (Å²) in [5, 5.41) is 5.12. The third-order valence-corrected chi connectivity index (χ3v) is 3.06. The summed E-state index contributed by atoms with van der Waals surface area (Å²) in [7, 11) is 0. The van der Waals surface area contributed by atoms with Crippen molar-refractivity contribution in [1.82, 2.24) is 9.78 Å². The molecule has 17 heavy (non-hydrogen) atoms. The highest BCUT2D eigenvalue weighted by Crippen LogP contribution is 2.22. The number of benzene rings is 1. The molecular weight excluding hydrogens is 259 g/mol. The second-order valence-corrected chi connectivity index (χ2v) is 4.53. The third-order valence-electron chi connectivity index (χ3n) is 2.32. The van der Waals surface area contributed by atoms with Crippen molar-refractivity contribution in [2.24, 2.45) is 0 Å². The monoisotopic (exact) mass is 268 g/mol. The van der Waals surface area contributed by atoms with Gasteiger partial charge in [-0.3, -0.25) is 4.79 Å². The summed E-state index contributed by atoms with van der Waals surface area (Å²) in [6, 6.07) is 8.46. The average Bonchev–Trinajstić information content (AvgIpc) is 2.29. The second kappa shape index (κ2) is 4.90. The highest BCUT2D eigenvalue weighted by Gasteiger charge is 2.03. The Bertz CT molecular complexity index is 608. The van der Waals surface area contributed by atoms with Crippen molar-refractivity contribution in [3.8, 4) is 0 Å². The molecule has 0 unspecified atom stereocenters. The minimum atomic E-state index is -0.137. The van der Waals surface area contributed by atoms with Crippen LogP contribution in [0.5, 0.6) is 0 Å². The Morgan fingerprint density at radius 1 is 1.18 bits per heavy atom. The van der Waals surface area contributed by atoms with E-state index in [1.807, 2.05) is 13.0 Å². The molecule has 5 heteroatoms. The van der Waals surface area contributed by atoms with Gasteiger partial charge in [0.05, 0.1) is 22.3 Å². The van der Waals surface area contributed by atoms with E-state index in [1.54, 1.807) is 18.2 Å². The molecule has 0 aliphatic heterocycles. The molecule has 3 nitrogen and oxygen atoms in total. The van der Waals surface area contributed by atoms with Crippen LogP contribution in [0, 0.1) is 6.92 Å². The highest BCUT2D eigenvalue weighted by molar-refractivity contribution is 6.42. The lowest BCUT2D eigenvalue weighted by molar-refractivity contribution is 0.628. The minimum Gasteiger partial charge on any atom is -0.268 e. The summed E-state index contributed by atoms with van der Waals surface area (Å²) >= 11 is 11.7. The molecule has 88 valence electrons. The number of rotatable bonds is 2. The van der Waals surface area contributed by atoms with Crippen LogP contribution in [-0.2, 0) is 6.54 Å². The molecule has 0 saturated heterocycles. The Balaban J connectivity index is 2.34. The fourth-order valence-electron chi connectivity index (χ4n) is 1.48. The molecule has 0 aliphatic carbocycles. The van der Waals surface area contributed by atoms with Gasteiger partial charge in [0.1, 0.15) is 0 Å². The van der Waals surface area contributed by atoms with Crippen molar-refractivity contribution in [3.63, 3.8) is 0 Å². The minimum absolute atomic E-state index is 0.137. The van der Waals surface area contributed by atoms with Crippen molar-refractivity contribution >= 4 is 23.2 Å². The topological polar surface area (TPSA) is 34.9 Å². The van der Waals surface area contributed by atoms with E-state index in [-0.39, 0.29) is 5.56 Å². The molecule has 0 aliphatic rings. The van der Waals surface area contributed by atoms with E-state index in [9.17, 15) is 4.79 Å². The number of halogens is 2. The molecule has 1 heterocycles. The molecule has 0 atom stereocenters. The quantitative estimate of drug-likeness (QED) is 0.840. The van der Waals surface area contributed by atoms with Gasteiger partial charge in [-0.2, -0.15) is 5.10 Å². The number of nitrogens with zero attached hydrogens (tertiary/aromatic N) is 2. The fourth-order valence-corrected chi connectivity index (χ4v) is 1.80. The van der Waals surface area contributed by atoms with Crippen LogP contribution in [0.25, 0.3) is 0 Å². The first-order chi connectivity index (χ1) is 8.06. The fraction of sp³-hybridized carbons (Fsp3) is 0.167. The van der Waals surface area contributed by atoms with Gasteiger partial charge in [-0.1, -0.05) is 29.3 Å². The Hall–Kier alpha value is -1.32. The smallest absolute Gasteiger partial charge is 0.267 e. The highest BCUT2D eigenvalue weighted by atomic mass is 35.5. The van der Waals surface area contributed by atoms with E-state index in [4.69, 9.17) is 23.2 Å². The summed E-state index contributed by atoms with van der Waals surface area (Å²) in [6.45, 7) is 2.22. The second-order valence-electron chi connectivity index (χ2n) is 3.72. The lowest BCUT2D eigenvalue weighted by Crippen LogP contribution is -2.22. The number of aromatic nitrogens is 2. The van der Waals surface area contributed by atoms with Crippen molar-refractivity contribution in [2.45, 2.75) is 13.5 Å². The molecule has 0 N–H and O–H groups in total. The zero-order chi connectivity index (χ0) is 12.4. The first-order valence-corrected chi connectivity index (χ1v) is 5.80. The lowest BCUT2D eigenvalue weighted by Gasteiger charge is -2.06. The standard InChI is InChI=1S/C12H10Cl2N2O/c1-8-2-5-12(17)16(15-8)7-9-3-4-10(13)11(14)6-9/h2-6H,7H2,1H3. The van der Waals surface area contributed by atoms with Crippen LogP contribution >= 0.6 is 23.2 Å². The normalized spacial score (nSPS) is 10.5. The van der Waals surface area contributed by atoms with Gasteiger partial charge in [0.25, 0.3) is 5.56 Å². The van der Waals surface area contributed by atoms with Gasteiger partial charge in [0, 0.05) is 6.07 Å². The van der Waals surface area contributed by atoms with Crippen LogP contribution in [0.2, 0.25) is 10.0 Å². The number of hydrogen-bond donors (Lipinski definition) is 0. The predicted octanol–water partition coefficient (Wildman–Crippen LogP) is 2.91. The van der Waals surface area contributed by atoms with Gasteiger partial charge >= 0.3 is 0 Å². The first-order valence-electron chi connectivity index (χ1n) is 5.05. The van der Waals surface area contributed by atoms with Gasteiger partial charge in [-0.15, -0.1) is 0 Å². The molecule has 0 bridgehead atoms.